The van der Waals surface area contributed by atoms with Crippen LogP contribution in [-0.4, -0.2) is 18.3 Å². The molecular weight excluding hydrogens is 242 g/mol. The topological polar surface area (TPSA) is 47.6 Å². The molecule has 0 amide bonds. The van der Waals surface area contributed by atoms with E-state index in [1.807, 2.05) is 30.3 Å². The van der Waals surface area contributed by atoms with Crippen molar-refractivity contribution in [1.82, 2.24) is 5.32 Å². The van der Waals surface area contributed by atoms with Gasteiger partial charge in [0.15, 0.2) is 0 Å². The molecule has 0 unspecified atom stereocenters. The zero-order valence-corrected chi connectivity index (χ0v) is 11.5. The first-order valence-electron chi connectivity index (χ1n) is 6.35. The van der Waals surface area contributed by atoms with Gasteiger partial charge in [-0.3, -0.25) is 0 Å². The molecule has 0 atom stereocenters. The zero-order chi connectivity index (χ0) is 13.9. The predicted molar refractivity (Wildman–Crippen MR) is 72.1 cm³/mol. The van der Waals surface area contributed by atoms with Crippen LogP contribution in [0.3, 0.4) is 0 Å². The number of esters is 1. The molecule has 1 aromatic rings. The molecule has 1 aromatic carbocycles. The minimum Gasteiger partial charge on any atom is -0.457 e. The summed E-state index contributed by atoms with van der Waals surface area (Å²) < 4.78 is 10.8. The van der Waals surface area contributed by atoms with Gasteiger partial charge in [0, 0.05) is 26.9 Å². The van der Waals surface area contributed by atoms with Gasteiger partial charge in [-0.25, -0.2) is 4.79 Å². The van der Waals surface area contributed by atoms with E-state index in [-0.39, 0.29) is 5.97 Å². The molecule has 0 saturated carbocycles. The standard InChI is InChI=1S/C15H19NO3/c1-11-13(14(17)19-15(2,3)18-11)10-16-9-12-7-5-4-6-8-12/h4-8,16H,9-10H2,1-3H3. The number of rotatable bonds is 4. The van der Waals surface area contributed by atoms with Crippen LogP contribution in [0.2, 0.25) is 0 Å². The Morgan fingerprint density at radius 3 is 2.42 bits per heavy atom. The van der Waals surface area contributed by atoms with Crippen LogP contribution in [0.15, 0.2) is 41.7 Å². The van der Waals surface area contributed by atoms with Crippen molar-refractivity contribution >= 4 is 5.97 Å². The first-order valence-corrected chi connectivity index (χ1v) is 6.35. The summed E-state index contributed by atoms with van der Waals surface area (Å²) in [5, 5.41) is 3.22. The van der Waals surface area contributed by atoms with Crippen molar-refractivity contribution in [1.29, 1.82) is 0 Å². The number of allylic oxidation sites excluding steroid dienone is 1. The second-order valence-electron chi connectivity index (χ2n) is 5.02. The minimum atomic E-state index is -0.871. The fraction of sp³-hybridized carbons (Fsp3) is 0.400. The van der Waals surface area contributed by atoms with E-state index in [9.17, 15) is 4.79 Å². The molecule has 0 spiro atoms. The molecule has 1 aliphatic rings. The number of cyclic esters (lactones) is 1. The van der Waals surface area contributed by atoms with E-state index in [2.05, 4.69) is 5.32 Å². The highest BCUT2D eigenvalue weighted by Gasteiger charge is 2.33. The van der Waals surface area contributed by atoms with E-state index in [0.29, 0.717) is 24.4 Å². The average Bonchev–Trinajstić information content (AvgIpc) is 2.32. The number of benzene rings is 1. The summed E-state index contributed by atoms with van der Waals surface area (Å²) in [4.78, 5) is 11.9. The van der Waals surface area contributed by atoms with Gasteiger partial charge in [0.05, 0.1) is 5.57 Å². The lowest BCUT2D eigenvalue weighted by Gasteiger charge is -2.32. The quantitative estimate of drug-likeness (QED) is 0.845. The molecule has 0 bridgehead atoms. The zero-order valence-electron chi connectivity index (χ0n) is 11.5. The molecule has 1 heterocycles. The maximum atomic E-state index is 11.9. The highest BCUT2D eigenvalue weighted by molar-refractivity contribution is 5.90. The molecule has 0 aliphatic carbocycles. The first-order chi connectivity index (χ1) is 8.98. The second kappa shape index (κ2) is 5.45. The van der Waals surface area contributed by atoms with Crippen LogP contribution in [-0.2, 0) is 20.8 Å². The van der Waals surface area contributed by atoms with Crippen molar-refractivity contribution in [2.45, 2.75) is 33.1 Å². The second-order valence-corrected chi connectivity index (χ2v) is 5.02. The van der Waals surface area contributed by atoms with Crippen molar-refractivity contribution in [2.24, 2.45) is 0 Å². The van der Waals surface area contributed by atoms with Crippen molar-refractivity contribution in [3.63, 3.8) is 0 Å². The smallest absolute Gasteiger partial charge is 0.341 e. The number of ether oxygens (including phenoxy) is 2. The predicted octanol–water partition coefficient (Wildman–Crippen LogP) is 2.36. The maximum Gasteiger partial charge on any atom is 0.341 e. The van der Waals surface area contributed by atoms with E-state index < -0.39 is 5.79 Å². The van der Waals surface area contributed by atoms with Crippen molar-refractivity contribution in [3.8, 4) is 0 Å². The van der Waals surface area contributed by atoms with Crippen LogP contribution in [0.25, 0.3) is 0 Å². The van der Waals surface area contributed by atoms with E-state index in [1.54, 1.807) is 20.8 Å². The molecule has 0 radical (unpaired) electrons. The third-order valence-corrected chi connectivity index (χ3v) is 2.88. The SMILES string of the molecule is CC1=C(CNCc2ccccc2)C(=O)OC(C)(C)O1. The Morgan fingerprint density at radius 1 is 1.11 bits per heavy atom. The normalized spacial score (nSPS) is 17.9. The number of carbonyl (C=O) groups excluding carboxylic acids is 1. The fourth-order valence-corrected chi connectivity index (χ4v) is 2.00. The average molecular weight is 261 g/mol. The van der Waals surface area contributed by atoms with Gasteiger partial charge >= 0.3 is 5.97 Å². The number of carbonyl (C=O) groups is 1. The van der Waals surface area contributed by atoms with E-state index in [0.717, 1.165) is 0 Å². The largest absolute Gasteiger partial charge is 0.457 e. The van der Waals surface area contributed by atoms with E-state index in [4.69, 9.17) is 9.47 Å². The molecule has 102 valence electrons. The highest BCUT2D eigenvalue weighted by Crippen LogP contribution is 2.25. The van der Waals surface area contributed by atoms with Crippen molar-refractivity contribution in [2.75, 3.05) is 6.54 Å². The van der Waals surface area contributed by atoms with Crippen LogP contribution in [0.5, 0.6) is 0 Å². The first kappa shape index (κ1) is 13.6. The van der Waals surface area contributed by atoms with Gasteiger partial charge in [-0.05, 0) is 12.5 Å². The summed E-state index contributed by atoms with van der Waals surface area (Å²) in [5.74, 6) is -0.555. The summed E-state index contributed by atoms with van der Waals surface area (Å²) in [6.07, 6.45) is 0. The lowest BCUT2D eigenvalue weighted by atomic mass is 10.1. The number of nitrogens with one attached hydrogen (secondary N) is 1. The van der Waals surface area contributed by atoms with Crippen LogP contribution >= 0.6 is 0 Å². The Kier molecular flexibility index (Phi) is 3.90. The number of hydrogen-bond donors (Lipinski definition) is 1. The molecule has 0 fully saturated rings. The highest BCUT2D eigenvalue weighted by atomic mass is 16.7. The molecule has 4 nitrogen and oxygen atoms in total. The molecule has 19 heavy (non-hydrogen) atoms. The molecular formula is C15H19NO3. The monoisotopic (exact) mass is 261 g/mol. The van der Waals surface area contributed by atoms with Crippen LogP contribution in [0.1, 0.15) is 26.3 Å². The van der Waals surface area contributed by atoms with Gasteiger partial charge in [0.2, 0.25) is 5.79 Å². The summed E-state index contributed by atoms with van der Waals surface area (Å²) in [7, 11) is 0. The van der Waals surface area contributed by atoms with E-state index in [1.165, 1.54) is 5.56 Å². The number of hydrogen-bond acceptors (Lipinski definition) is 4. The molecule has 2 rings (SSSR count). The summed E-state index contributed by atoms with van der Waals surface area (Å²) in [6, 6.07) is 10.0. The third-order valence-electron chi connectivity index (χ3n) is 2.88. The Bertz CT molecular complexity index is 491. The lowest BCUT2D eigenvalue weighted by Crippen LogP contribution is -2.38. The van der Waals surface area contributed by atoms with Crippen LogP contribution in [0.4, 0.5) is 0 Å². The van der Waals surface area contributed by atoms with Gasteiger partial charge in [-0.1, -0.05) is 30.3 Å². The minimum absolute atomic E-state index is 0.311. The van der Waals surface area contributed by atoms with Gasteiger partial charge in [0.1, 0.15) is 5.76 Å². The lowest BCUT2D eigenvalue weighted by molar-refractivity contribution is -0.207. The van der Waals surface area contributed by atoms with Gasteiger partial charge in [-0.15, -0.1) is 0 Å². The maximum absolute atomic E-state index is 11.9. The van der Waals surface area contributed by atoms with Crippen molar-refractivity contribution < 1.29 is 14.3 Å². The van der Waals surface area contributed by atoms with Crippen molar-refractivity contribution in [3.05, 3.63) is 47.2 Å². The summed E-state index contributed by atoms with van der Waals surface area (Å²) in [6.45, 7) is 6.39. The Morgan fingerprint density at radius 2 is 1.79 bits per heavy atom. The van der Waals surface area contributed by atoms with Gasteiger partial charge in [0.25, 0.3) is 0 Å². The molecule has 0 saturated heterocycles. The molecule has 4 heteroatoms. The van der Waals surface area contributed by atoms with E-state index >= 15 is 0 Å². The molecule has 1 N–H and O–H groups in total. The third kappa shape index (κ3) is 3.58. The molecule has 0 aromatic heterocycles. The Hall–Kier alpha value is -1.81. The van der Waals surface area contributed by atoms with Crippen LogP contribution in [0, 0.1) is 0 Å². The summed E-state index contributed by atoms with van der Waals surface area (Å²) >= 11 is 0. The van der Waals surface area contributed by atoms with Gasteiger partial charge in [-0.2, -0.15) is 0 Å². The van der Waals surface area contributed by atoms with Gasteiger partial charge < -0.3 is 14.8 Å². The molecule has 1 aliphatic heterocycles. The Balaban J connectivity index is 1.94. The van der Waals surface area contributed by atoms with Crippen LogP contribution < -0.4 is 5.32 Å². The fourth-order valence-electron chi connectivity index (χ4n) is 2.00. The summed E-state index contributed by atoms with van der Waals surface area (Å²) in [5.41, 5.74) is 1.72. The Labute approximate surface area is 113 Å².